The van der Waals surface area contributed by atoms with Crippen LogP contribution in [-0.4, -0.2) is 178 Å². The van der Waals surface area contributed by atoms with Crippen molar-refractivity contribution >= 4 is 124 Å². The van der Waals surface area contributed by atoms with Crippen molar-refractivity contribution in [3.8, 4) is 97.1 Å². The van der Waals surface area contributed by atoms with E-state index in [4.69, 9.17) is 93.6 Å². The summed E-state index contributed by atoms with van der Waals surface area (Å²) in [7, 11) is 18.8. The number of nitrogens with zero attached hydrogens (tertiary/aromatic N) is 21. The molecule has 0 fully saturated rings. The molecule has 8 aromatic carbocycles. The summed E-state index contributed by atoms with van der Waals surface area (Å²) in [5.41, 5.74) is 27.0. The molecule has 0 aliphatic carbocycles. The average Bonchev–Trinajstić information content (AvgIpc) is 1.18. The molecule has 0 saturated carbocycles. The maximum atomic E-state index is 14.1. The average molecular weight is 1790 g/mol. The molecule has 2 N–H and O–H groups in total. The zero-order chi connectivity index (χ0) is 90.6. The van der Waals surface area contributed by atoms with Crippen molar-refractivity contribution in [3.63, 3.8) is 0 Å². The van der Waals surface area contributed by atoms with Gasteiger partial charge in [0.2, 0.25) is 0 Å². The maximum Gasteiger partial charge on any atom is 0.143 e. The van der Waals surface area contributed by atoms with E-state index >= 15 is 0 Å². The van der Waals surface area contributed by atoms with Crippen LogP contribution in [0, 0.1) is 17.7 Å². The zero-order valence-corrected chi connectivity index (χ0v) is 75.4. The molecule has 33 heteroatoms. The number of pyridine rings is 1. The van der Waals surface area contributed by atoms with Crippen LogP contribution in [0.5, 0.6) is 40.2 Å². The van der Waals surface area contributed by atoms with Gasteiger partial charge in [-0.2, -0.15) is 20.4 Å². The van der Waals surface area contributed by atoms with Crippen LogP contribution < -0.4 is 58.5 Å². The van der Waals surface area contributed by atoms with E-state index in [0.29, 0.717) is 88.9 Å². The summed E-state index contributed by atoms with van der Waals surface area (Å²) in [4.78, 5) is 49.9. The summed E-state index contributed by atoms with van der Waals surface area (Å²) in [6, 6.07) is 47.3. The summed E-state index contributed by atoms with van der Waals surface area (Å²) in [5.74, 6) is 11.6. The second kappa shape index (κ2) is 42.5. The Kier molecular flexibility index (Phi) is 29.8. The van der Waals surface area contributed by atoms with Crippen molar-refractivity contribution in [1.82, 2.24) is 84.0 Å². The second-order valence-corrected chi connectivity index (χ2v) is 30.7. The third-order valence-corrected chi connectivity index (χ3v) is 21.4. The van der Waals surface area contributed by atoms with Gasteiger partial charge in [0.15, 0.2) is 0 Å². The SMILES string of the molecule is COc1cc(F)cc(N(CCCCl)c2ccc3ncc(-c4cnn(C)c4)nc3c2)c1.COc1cc(OC)c(Cl)c(N(CCCCl)c2ccc3ncc(-c4cnn(C)c4)nc3c2)c1.COc1cc(OC)cc(N(CC#Cc2ccncc2)c2ccc3ncc(-c4cnn(C)c4)nc3c2)c1.COc1cc(OC)cc(N(C[C@@H](C)N)c2ccc3ncc(-c4cnn(C)c4)nc3c2)c1. The Morgan fingerprint density at radius 1 is 0.388 bits per heavy atom. The molecule has 0 unspecified atom stereocenters. The minimum Gasteiger partial charge on any atom is -0.497 e. The molecule has 0 radical (unpaired) electrons. The number of anilines is 8. The standard InChI is InChI=1S/C28H24N6O2.C23H23Cl2N5O2.C23H26N6O2.C22H21ClFN5O/c1-33-19-21(17-31-33)28-18-30-26-7-6-22(15-27(26)32-28)34(12-4-5-20-8-10-29-11-9-20)23-13-24(35-2)16-25(14-23)36-3;1-29-14-15(12-27-29)20-13-26-18-6-5-16(9-19(18)28-20)30(8-4-7-24)21-10-17(31-2)11-22(32-3)23(21)25;1-15(24)13-29(18-7-19(30-3)10-20(8-18)31-4)17-5-6-21-22(9-17)27-23(12-25-21)16-11-26-28(2)14-16;1-28-14-15(12-26-28)22-13-25-20-5-4-17(11-21(20)27-22)29(7-3-6-23)18-8-16(24)9-19(10-18)30-2/h6-11,13-19H,12H2,1-3H3;5-6,9-14H,4,7-8H2,1-3H3;5-12,14-15H,13,24H2,1-4H3;4-5,8-14H,3,6-7H2,1-2H3/t;;15-;/m..1./s1. The number of nitrogens with two attached hydrogens (primary N) is 1. The Bertz CT molecular complexity index is 6760. The van der Waals surface area contributed by atoms with Crippen molar-refractivity contribution in [1.29, 1.82) is 0 Å². The molecule has 658 valence electrons. The molecule has 17 aromatic rings. The van der Waals surface area contributed by atoms with Crippen LogP contribution >= 0.6 is 34.8 Å². The topological polar surface area (TPSA) is 291 Å². The predicted molar refractivity (Wildman–Crippen MR) is 507 cm³/mol. The van der Waals surface area contributed by atoms with Crippen molar-refractivity contribution in [2.24, 2.45) is 33.9 Å². The number of aryl methyl sites for hydroxylation is 4. The van der Waals surface area contributed by atoms with E-state index < -0.39 is 0 Å². The Labute approximate surface area is 760 Å². The van der Waals surface area contributed by atoms with Crippen LogP contribution in [0.15, 0.2) is 238 Å². The number of hydrogen-bond donors (Lipinski definition) is 1. The van der Waals surface area contributed by atoms with Crippen LogP contribution in [0.3, 0.4) is 0 Å². The lowest BCUT2D eigenvalue weighted by atomic mass is 10.1. The van der Waals surface area contributed by atoms with Gasteiger partial charge in [0.25, 0.3) is 0 Å². The summed E-state index contributed by atoms with van der Waals surface area (Å²) in [6.45, 7) is 4.29. The van der Waals surface area contributed by atoms with E-state index in [2.05, 4.69) is 71.9 Å². The van der Waals surface area contributed by atoms with Crippen LogP contribution in [0.4, 0.5) is 49.9 Å². The van der Waals surface area contributed by atoms with Gasteiger partial charge in [0.1, 0.15) is 51.1 Å². The van der Waals surface area contributed by atoms with Gasteiger partial charge in [-0.3, -0.25) is 43.6 Å². The molecule has 0 aliphatic rings. The first-order chi connectivity index (χ1) is 62.7. The summed E-state index contributed by atoms with van der Waals surface area (Å²) < 4.78 is 59.2. The highest BCUT2D eigenvalue weighted by atomic mass is 35.5. The highest BCUT2D eigenvalue weighted by Gasteiger charge is 2.23. The number of methoxy groups -OCH3 is 7. The van der Waals surface area contributed by atoms with Gasteiger partial charge in [-0.1, -0.05) is 23.4 Å². The van der Waals surface area contributed by atoms with Gasteiger partial charge < -0.3 is 58.5 Å². The minimum absolute atomic E-state index is 0.0549. The van der Waals surface area contributed by atoms with E-state index in [1.165, 1.54) is 19.2 Å². The molecule has 0 amide bonds. The lowest BCUT2D eigenvalue weighted by Crippen LogP contribution is -2.32. The molecule has 29 nitrogen and oxygen atoms in total. The fourth-order valence-corrected chi connectivity index (χ4v) is 14.6. The van der Waals surface area contributed by atoms with Crippen LogP contribution in [0.1, 0.15) is 25.3 Å². The largest absolute Gasteiger partial charge is 0.497 e. The molecule has 0 saturated heterocycles. The van der Waals surface area contributed by atoms with E-state index in [0.717, 1.165) is 147 Å². The predicted octanol–water partition coefficient (Wildman–Crippen LogP) is 18.6. The third kappa shape index (κ3) is 22.6. The van der Waals surface area contributed by atoms with Gasteiger partial charge in [-0.25, -0.2) is 24.3 Å². The number of halogens is 4. The Balaban J connectivity index is 0.000000139. The summed E-state index contributed by atoms with van der Waals surface area (Å²) in [5, 5.41) is 17.4. The van der Waals surface area contributed by atoms with Gasteiger partial charge >= 0.3 is 0 Å². The molecule has 0 bridgehead atoms. The van der Waals surface area contributed by atoms with Gasteiger partial charge in [0, 0.05) is 231 Å². The molecule has 9 aromatic heterocycles. The minimum atomic E-state index is -0.361. The fraction of sp³-hybridized carbons (Fsp3) is 0.219. The monoisotopic (exact) mass is 1790 g/mol. The number of alkyl halides is 2. The van der Waals surface area contributed by atoms with Crippen LogP contribution in [-0.2, 0) is 28.2 Å². The zero-order valence-electron chi connectivity index (χ0n) is 73.1. The third-order valence-electron chi connectivity index (χ3n) is 20.4. The lowest BCUT2D eigenvalue weighted by Gasteiger charge is -2.27. The van der Waals surface area contributed by atoms with Crippen LogP contribution in [0.25, 0.3) is 89.2 Å². The van der Waals surface area contributed by atoms with Crippen molar-refractivity contribution in [2.45, 2.75) is 25.8 Å². The number of benzene rings is 8. The number of rotatable bonds is 28. The molecule has 17 rings (SSSR count). The Morgan fingerprint density at radius 3 is 1.10 bits per heavy atom. The molecule has 0 aliphatic heterocycles. The van der Waals surface area contributed by atoms with E-state index in [1.807, 2.05) is 192 Å². The molecule has 9 heterocycles. The smallest absolute Gasteiger partial charge is 0.143 e. The van der Waals surface area contributed by atoms with Gasteiger partial charge in [0.05, 0.1) is 178 Å². The molecule has 0 spiro atoms. The normalized spacial score (nSPS) is 11.1. The quantitative estimate of drug-likeness (QED) is 0.0352. The van der Waals surface area contributed by atoms with Crippen molar-refractivity contribution in [3.05, 3.63) is 255 Å². The van der Waals surface area contributed by atoms with Crippen LogP contribution in [0.2, 0.25) is 5.02 Å². The lowest BCUT2D eigenvalue weighted by molar-refractivity contribution is 0.394. The second-order valence-electron chi connectivity index (χ2n) is 29.6. The van der Waals surface area contributed by atoms with Crippen molar-refractivity contribution in [2.75, 3.05) is 107 Å². The van der Waals surface area contributed by atoms with Gasteiger partial charge in [-0.15, -0.1) is 23.2 Å². The van der Waals surface area contributed by atoms with E-state index in [9.17, 15) is 4.39 Å². The number of hydrogen-bond acceptors (Lipinski definition) is 25. The maximum absolute atomic E-state index is 14.1. The summed E-state index contributed by atoms with van der Waals surface area (Å²) in [6.07, 6.45) is 26.7. The first-order valence-electron chi connectivity index (χ1n) is 40.8. The molecular weight excluding hydrogens is 1700 g/mol. The van der Waals surface area contributed by atoms with Gasteiger partial charge in [-0.05, 0) is 111 Å². The fourth-order valence-electron chi connectivity index (χ4n) is 14.0. The molecular formula is C96H94Cl3FN22O7. The first kappa shape index (κ1) is 90.5. The number of ether oxygens (including phenoxy) is 7. The highest BCUT2D eigenvalue weighted by Crippen LogP contribution is 2.44. The molecule has 1 atom stereocenters. The Morgan fingerprint density at radius 2 is 0.736 bits per heavy atom. The summed E-state index contributed by atoms with van der Waals surface area (Å²) >= 11 is 18.7. The highest BCUT2D eigenvalue weighted by molar-refractivity contribution is 6.35. The van der Waals surface area contributed by atoms with E-state index in [-0.39, 0.29) is 11.9 Å². The van der Waals surface area contributed by atoms with E-state index in [1.54, 1.807) is 135 Å². The Hall–Kier alpha value is -14.8. The molecule has 129 heavy (non-hydrogen) atoms. The number of fused-ring (bicyclic) bond motifs is 4. The first-order valence-corrected chi connectivity index (χ1v) is 42.3. The number of aromatic nitrogens is 17. The van der Waals surface area contributed by atoms with Crippen molar-refractivity contribution < 1.29 is 37.5 Å².